The topological polar surface area (TPSA) is 76.1 Å². The predicted molar refractivity (Wildman–Crippen MR) is 212 cm³/mol. The molecule has 294 valence electrons. The fourth-order valence-corrected chi connectivity index (χ4v) is 6.53. The fourth-order valence-electron chi connectivity index (χ4n) is 6.53. The lowest BCUT2D eigenvalue weighted by Gasteiger charge is -2.21. The lowest BCUT2D eigenvalue weighted by Crippen LogP contribution is -2.29. The first kappa shape index (κ1) is 48.4. The standard InChI is InChI=1S/C44H83NO5/c1-4-7-10-13-16-25-32-41-49-43(47)35-28-21-17-23-30-37-45(39-40-46)38-31-24-18-22-29-36-44(48)50-42(33-26-19-14-11-8-5-2)34-27-20-15-12-9-6-3/h42,46H,4-24,26-31,33-41H2,1-3H3. The summed E-state index contributed by atoms with van der Waals surface area (Å²) in [5, 5.41) is 9.53. The molecule has 0 spiro atoms. The van der Waals surface area contributed by atoms with E-state index in [4.69, 9.17) is 9.47 Å². The molecular formula is C44H83NO5. The van der Waals surface area contributed by atoms with Gasteiger partial charge in [0.05, 0.1) is 6.61 Å². The smallest absolute Gasteiger partial charge is 0.306 e. The molecule has 0 aromatic rings. The highest BCUT2D eigenvalue weighted by atomic mass is 16.5. The number of carbonyl (C=O) groups excluding carboxylic acids is 2. The lowest BCUT2D eigenvalue weighted by atomic mass is 10.0. The van der Waals surface area contributed by atoms with Crippen molar-refractivity contribution in [2.45, 2.75) is 226 Å². The second-order valence-corrected chi connectivity index (χ2v) is 14.7. The van der Waals surface area contributed by atoms with Gasteiger partial charge in [-0.15, -0.1) is 0 Å². The number of rotatable bonds is 38. The zero-order chi connectivity index (χ0) is 36.6. The van der Waals surface area contributed by atoms with Gasteiger partial charge in [-0.1, -0.05) is 155 Å². The lowest BCUT2D eigenvalue weighted by molar-refractivity contribution is -0.150. The Morgan fingerprint density at radius 1 is 0.520 bits per heavy atom. The minimum Gasteiger partial charge on any atom is -0.462 e. The van der Waals surface area contributed by atoms with Crippen LogP contribution in [0.2, 0.25) is 0 Å². The van der Waals surface area contributed by atoms with Crippen LogP contribution in [0, 0.1) is 11.8 Å². The van der Waals surface area contributed by atoms with Crippen molar-refractivity contribution >= 4 is 11.9 Å². The summed E-state index contributed by atoms with van der Waals surface area (Å²) in [7, 11) is 0. The molecule has 0 aliphatic heterocycles. The van der Waals surface area contributed by atoms with Gasteiger partial charge in [-0.3, -0.25) is 9.59 Å². The molecule has 0 aromatic carbocycles. The van der Waals surface area contributed by atoms with Crippen molar-refractivity contribution < 1.29 is 24.2 Å². The normalized spacial score (nSPS) is 11.2. The molecule has 0 saturated carbocycles. The Labute approximate surface area is 311 Å². The summed E-state index contributed by atoms with van der Waals surface area (Å²) < 4.78 is 11.2. The molecule has 0 saturated heterocycles. The molecular weight excluding hydrogens is 622 g/mol. The summed E-state index contributed by atoms with van der Waals surface area (Å²) in [5.74, 6) is 5.93. The second kappa shape index (κ2) is 40.2. The van der Waals surface area contributed by atoms with E-state index >= 15 is 0 Å². The molecule has 0 atom stereocenters. The van der Waals surface area contributed by atoms with E-state index in [0.29, 0.717) is 12.8 Å². The highest BCUT2D eigenvalue weighted by Crippen LogP contribution is 2.18. The molecule has 0 bridgehead atoms. The minimum atomic E-state index is -0.134. The van der Waals surface area contributed by atoms with Crippen molar-refractivity contribution in [2.75, 3.05) is 32.8 Å². The SMILES string of the molecule is CCCCCCC#CCOC(=O)CCCCCCCN(CCO)CCCCCCCC(=O)OC(CCCCCCCC)CCCCCCCC. The molecule has 0 unspecified atom stereocenters. The van der Waals surface area contributed by atoms with Crippen LogP contribution < -0.4 is 0 Å². The van der Waals surface area contributed by atoms with Crippen LogP contribution in [-0.2, 0) is 19.1 Å². The maximum Gasteiger partial charge on any atom is 0.306 e. The van der Waals surface area contributed by atoms with Crippen molar-refractivity contribution in [3.8, 4) is 11.8 Å². The third kappa shape index (κ3) is 36.2. The maximum absolute atomic E-state index is 12.7. The Bertz CT molecular complexity index is 775. The van der Waals surface area contributed by atoms with Crippen LogP contribution in [-0.4, -0.2) is 60.9 Å². The van der Waals surface area contributed by atoms with Gasteiger partial charge in [-0.05, 0) is 70.9 Å². The van der Waals surface area contributed by atoms with Crippen LogP contribution in [0.4, 0.5) is 0 Å². The molecule has 0 heterocycles. The zero-order valence-electron chi connectivity index (χ0n) is 33.6. The molecule has 6 nitrogen and oxygen atoms in total. The van der Waals surface area contributed by atoms with Crippen LogP contribution in [0.1, 0.15) is 220 Å². The Morgan fingerprint density at radius 3 is 1.48 bits per heavy atom. The molecule has 6 heteroatoms. The van der Waals surface area contributed by atoms with E-state index in [1.165, 1.54) is 96.3 Å². The Kier molecular flexibility index (Phi) is 38.9. The second-order valence-electron chi connectivity index (χ2n) is 14.7. The molecule has 0 fully saturated rings. The summed E-state index contributed by atoms with van der Waals surface area (Å²) in [6.45, 7) is 9.92. The molecule has 0 aromatic heterocycles. The minimum absolute atomic E-state index is 0.00896. The van der Waals surface area contributed by atoms with Gasteiger partial charge in [0.15, 0.2) is 6.61 Å². The largest absolute Gasteiger partial charge is 0.462 e. The summed E-state index contributed by atoms with van der Waals surface area (Å²) >= 11 is 0. The number of hydrogen-bond acceptors (Lipinski definition) is 6. The molecule has 0 amide bonds. The Balaban J connectivity index is 3.98. The van der Waals surface area contributed by atoms with Gasteiger partial charge in [-0.25, -0.2) is 0 Å². The fraction of sp³-hybridized carbons (Fsp3) is 0.909. The van der Waals surface area contributed by atoms with Crippen molar-refractivity contribution in [2.24, 2.45) is 0 Å². The van der Waals surface area contributed by atoms with Gasteiger partial charge in [0, 0.05) is 25.8 Å². The van der Waals surface area contributed by atoms with E-state index in [-0.39, 0.29) is 31.3 Å². The summed E-state index contributed by atoms with van der Waals surface area (Å²) in [6, 6.07) is 0. The number of aliphatic hydroxyl groups excluding tert-OH is 1. The highest BCUT2D eigenvalue weighted by molar-refractivity contribution is 5.69. The number of unbranched alkanes of at least 4 members (excludes halogenated alkanes) is 22. The number of aliphatic hydroxyl groups is 1. The molecule has 1 N–H and O–H groups in total. The molecule has 0 radical (unpaired) electrons. The van der Waals surface area contributed by atoms with Gasteiger partial charge in [0.1, 0.15) is 6.10 Å². The average Bonchev–Trinajstić information content (AvgIpc) is 3.11. The van der Waals surface area contributed by atoms with Gasteiger partial charge < -0.3 is 19.5 Å². The number of ether oxygens (including phenoxy) is 2. The average molecular weight is 706 g/mol. The maximum atomic E-state index is 12.7. The van der Waals surface area contributed by atoms with Gasteiger partial charge in [0.2, 0.25) is 0 Å². The van der Waals surface area contributed by atoms with Gasteiger partial charge >= 0.3 is 11.9 Å². The third-order valence-corrected chi connectivity index (χ3v) is 9.77. The van der Waals surface area contributed by atoms with Crippen LogP contribution in [0.3, 0.4) is 0 Å². The molecule has 0 aliphatic carbocycles. The number of carbonyl (C=O) groups is 2. The van der Waals surface area contributed by atoms with Crippen molar-refractivity contribution in [1.82, 2.24) is 4.90 Å². The Hall–Kier alpha value is -1.58. The van der Waals surface area contributed by atoms with E-state index in [1.807, 2.05) is 0 Å². The van der Waals surface area contributed by atoms with E-state index in [9.17, 15) is 14.7 Å². The van der Waals surface area contributed by atoms with Gasteiger partial charge in [-0.2, -0.15) is 0 Å². The van der Waals surface area contributed by atoms with E-state index < -0.39 is 0 Å². The van der Waals surface area contributed by atoms with Crippen LogP contribution in [0.15, 0.2) is 0 Å². The summed E-state index contributed by atoms with van der Waals surface area (Å²) in [6.07, 6.45) is 35.1. The number of hydrogen-bond donors (Lipinski definition) is 1. The number of esters is 2. The molecule has 0 aliphatic rings. The van der Waals surface area contributed by atoms with Crippen molar-refractivity contribution in [3.05, 3.63) is 0 Å². The van der Waals surface area contributed by atoms with E-state index in [0.717, 1.165) is 110 Å². The van der Waals surface area contributed by atoms with Crippen LogP contribution >= 0.6 is 0 Å². The third-order valence-electron chi connectivity index (χ3n) is 9.77. The Morgan fingerprint density at radius 2 is 0.960 bits per heavy atom. The van der Waals surface area contributed by atoms with Crippen molar-refractivity contribution in [3.63, 3.8) is 0 Å². The summed E-state index contributed by atoms with van der Waals surface area (Å²) in [4.78, 5) is 27.0. The molecule has 50 heavy (non-hydrogen) atoms. The monoisotopic (exact) mass is 706 g/mol. The predicted octanol–water partition coefficient (Wildman–Crippen LogP) is 11.9. The first-order valence-electron chi connectivity index (χ1n) is 21.7. The van der Waals surface area contributed by atoms with E-state index in [1.54, 1.807) is 0 Å². The zero-order valence-corrected chi connectivity index (χ0v) is 33.6. The van der Waals surface area contributed by atoms with Crippen LogP contribution in [0.25, 0.3) is 0 Å². The first-order chi connectivity index (χ1) is 24.6. The van der Waals surface area contributed by atoms with Gasteiger partial charge in [0.25, 0.3) is 0 Å². The summed E-state index contributed by atoms with van der Waals surface area (Å²) in [5.41, 5.74) is 0. The molecule has 0 rings (SSSR count). The number of nitrogens with zero attached hydrogens (tertiary/aromatic N) is 1. The quantitative estimate of drug-likeness (QED) is 0.0391. The highest BCUT2D eigenvalue weighted by Gasteiger charge is 2.14. The van der Waals surface area contributed by atoms with Crippen LogP contribution in [0.5, 0.6) is 0 Å². The first-order valence-corrected chi connectivity index (χ1v) is 21.7. The van der Waals surface area contributed by atoms with E-state index in [2.05, 4.69) is 37.5 Å². The van der Waals surface area contributed by atoms with Crippen molar-refractivity contribution in [1.29, 1.82) is 0 Å².